The summed E-state index contributed by atoms with van der Waals surface area (Å²) >= 11 is 0. The zero-order valence-electron chi connectivity index (χ0n) is 15.4. The summed E-state index contributed by atoms with van der Waals surface area (Å²) in [6.45, 7) is 4.10. The van der Waals surface area contributed by atoms with E-state index < -0.39 is 21.5 Å². The molecule has 0 fully saturated rings. The highest BCUT2D eigenvalue weighted by atomic mass is 32.2. The molecule has 6 nitrogen and oxygen atoms in total. The summed E-state index contributed by atoms with van der Waals surface area (Å²) in [5.41, 5.74) is 1.07. The maximum absolute atomic E-state index is 12.2. The fourth-order valence-corrected chi connectivity index (χ4v) is 4.71. The van der Waals surface area contributed by atoms with Crippen LogP contribution in [0.25, 0.3) is 10.8 Å². The molecule has 2 aromatic carbocycles. The lowest BCUT2D eigenvalue weighted by Gasteiger charge is -2.12. The van der Waals surface area contributed by atoms with Crippen molar-refractivity contribution in [2.45, 2.75) is 20.4 Å². The van der Waals surface area contributed by atoms with Gasteiger partial charge in [0.2, 0.25) is 5.91 Å². The lowest BCUT2D eigenvalue weighted by Crippen LogP contribution is -2.27. The summed E-state index contributed by atoms with van der Waals surface area (Å²) in [5, 5.41) is 9.19. The van der Waals surface area contributed by atoms with Gasteiger partial charge >= 0.3 is 0 Å². The molecule has 0 radical (unpaired) electrons. The van der Waals surface area contributed by atoms with Crippen LogP contribution in [0.3, 0.4) is 0 Å². The number of carbonyl (C=O) groups excluding carboxylic acids is 1. The maximum Gasteiger partial charge on any atom is 0.240 e. The smallest absolute Gasteiger partial charge is 0.240 e. The van der Waals surface area contributed by atoms with Crippen molar-refractivity contribution in [3.8, 4) is 0 Å². The first-order valence-corrected chi connectivity index (χ1v) is 10.6. The molecule has 0 aliphatic carbocycles. The monoisotopic (exact) mass is 385 g/mol. The summed E-state index contributed by atoms with van der Waals surface area (Å²) in [6, 6.07) is 15.8. The van der Waals surface area contributed by atoms with Crippen molar-refractivity contribution in [2.75, 3.05) is 16.8 Å². The third kappa shape index (κ3) is 4.95. The van der Waals surface area contributed by atoms with E-state index in [1.807, 2.05) is 56.3 Å². The van der Waals surface area contributed by atoms with Gasteiger partial charge in [0.1, 0.15) is 11.6 Å². The van der Waals surface area contributed by atoms with Gasteiger partial charge in [0.05, 0.1) is 18.5 Å². The predicted octanol–water partition coefficient (Wildman–Crippen LogP) is 3.09. The van der Waals surface area contributed by atoms with Crippen LogP contribution in [-0.2, 0) is 21.2 Å². The van der Waals surface area contributed by atoms with E-state index in [0.717, 1.165) is 16.3 Å². The Morgan fingerprint density at radius 3 is 2.63 bits per heavy atom. The fraction of sp³-hybridized carbons (Fsp3) is 0.300. The van der Waals surface area contributed by atoms with E-state index in [1.54, 1.807) is 16.9 Å². The average molecular weight is 385 g/mol. The molecule has 0 saturated heterocycles. The number of hydrogen-bond donors (Lipinski definition) is 1. The molecule has 7 heteroatoms. The SMILES string of the molecule is CC(C)CS(=O)(=O)CC(=O)Nc1ccnn1Cc1cccc2ccccc12. The molecule has 1 N–H and O–H groups in total. The Bertz CT molecular complexity index is 1050. The first kappa shape index (κ1) is 19.1. The number of sulfone groups is 1. The van der Waals surface area contributed by atoms with Gasteiger partial charge in [-0.1, -0.05) is 56.3 Å². The molecule has 0 bridgehead atoms. The molecule has 0 aliphatic heterocycles. The topological polar surface area (TPSA) is 81.1 Å². The normalized spacial score (nSPS) is 11.8. The average Bonchev–Trinajstić information content (AvgIpc) is 3.00. The van der Waals surface area contributed by atoms with Crippen LogP contribution in [-0.4, -0.2) is 35.6 Å². The second-order valence-corrected chi connectivity index (χ2v) is 9.12. The van der Waals surface area contributed by atoms with Gasteiger partial charge in [0.25, 0.3) is 0 Å². The Kier molecular flexibility index (Phi) is 5.60. The van der Waals surface area contributed by atoms with Crippen LogP contribution in [0.2, 0.25) is 0 Å². The number of fused-ring (bicyclic) bond motifs is 1. The first-order chi connectivity index (χ1) is 12.8. The molecule has 3 aromatic rings. The van der Waals surface area contributed by atoms with Crippen LogP contribution in [0.15, 0.2) is 54.7 Å². The van der Waals surface area contributed by atoms with Crippen LogP contribution >= 0.6 is 0 Å². The summed E-state index contributed by atoms with van der Waals surface area (Å²) in [6.07, 6.45) is 1.59. The van der Waals surface area contributed by atoms with Crippen molar-refractivity contribution in [1.29, 1.82) is 0 Å². The summed E-state index contributed by atoms with van der Waals surface area (Å²) in [4.78, 5) is 12.2. The standard InChI is InChI=1S/C20H23N3O3S/c1-15(2)13-27(25,26)14-20(24)22-19-10-11-21-23(19)12-17-8-5-7-16-6-3-4-9-18(16)17/h3-11,15H,12-14H2,1-2H3,(H,22,24). The summed E-state index contributed by atoms with van der Waals surface area (Å²) in [5.74, 6) is -0.608. The molecular weight excluding hydrogens is 362 g/mol. The summed E-state index contributed by atoms with van der Waals surface area (Å²) in [7, 11) is -3.43. The number of amides is 1. The number of rotatable bonds is 7. The predicted molar refractivity (Wildman–Crippen MR) is 107 cm³/mol. The minimum atomic E-state index is -3.43. The van der Waals surface area contributed by atoms with Crippen LogP contribution < -0.4 is 5.32 Å². The third-order valence-electron chi connectivity index (χ3n) is 4.12. The molecule has 1 heterocycles. The number of nitrogens with zero attached hydrogens (tertiary/aromatic N) is 2. The van der Waals surface area contributed by atoms with Gasteiger partial charge in [-0.3, -0.25) is 4.79 Å². The number of anilines is 1. The number of carbonyl (C=O) groups is 1. The van der Waals surface area contributed by atoms with E-state index in [1.165, 1.54) is 0 Å². The minimum Gasteiger partial charge on any atom is -0.310 e. The van der Waals surface area contributed by atoms with Crippen LogP contribution in [0.5, 0.6) is 0 Å². The lowest BCUT2D eigenvalue weighted by atomic mass is 10.0. The van der Waals surface area contributed by atoms with Gasteiger partial charge < -0.3 is 5.32 Å². The molecule has 1 aromatic heterocycles. The first-order valence-electron chi connectivity index (χ1n) is 8.83. The number of aromatic nitrogens is 2. The van der Waals surface area contributed by atoms with E-state index in [4.69, 9.17) is 0 Å². The molecule has 0 unspecified atom stereocenters. The number of hydrogen-bond acceptors (Lipinski definition) is 4. The van der Waals surface area contributed by atoms with Gasteiger partial charge in [-0.05, 0) is 22.3 Å². The number of benzene rings is 2. The van der Waals surface area contributed by atoms with Crippen molar-refractivity contribution in [1.82, 2.24) is 9.78 Å². The van der Waals surface area contributed by atoms with Crippen molar-refractivity contribution >= 4 is 32.3 Å². The van der Waals surface area contributed by atoms with Crippen molar-refractivity contribution in [3.63, 3.8) is 0 Å². The van der Waals surface area contributed by atoms with Crippen molar-refractivity contribution in [2.24, 2.45) is 5.92 Å². The molecule has 0 saturated carbocycles. The highest BCUT2D eigenvalue weighted by molar-refractivity contribution is 7.92. The molecule has 0 atom stereocenters. The number of nitrogens with one attached hydrogen (secondary N) is 1. The second kappa shape index (κ2) is 7.92. The van der Waals surface area contributed by atoms with Gasteiger partial charge in [-0.25, -0.2) is 13.1 Å². The molecular formula is C20H23N3O3S. The Hall–Kier alpha value is -2.67. The van der Waals surface area contributed by atoms with E-state index in [-0.39, 0.29) is 11.7 Å². The molecule has 0 aliphatic rings. The van der Waals surface area contributed by atoms with Gasteiger partial charge in [0.15, 0.2) is 9.84 Å². The van der Waals surface area contributed by atoms with Crippen LogP contribution in [0.1, 0.15) is 19.4 Å². The van der Waals surface area contributed by atoms with Crippen LogP contribution in [0, 0.1) is 5.92 Å². The molecule has 3 rings (SSSR count). The van der Waals surface area contributed by atoms with E-state index in [0.29, 0.717) is 12.4 Å². The maximum atomic E-state index is 12.2. The van der Waals surface area contributed by atoms with E-state index in [9.17, 15) is 13.2 Å². The van der Waals surface area contributed by atoms with Crippen molar-refractivity contribution in [3.05, 3.63) is 60.3 Å². The Morgan fingerprint density at radius 1 is 1.11 bits per heavy atom. The summed E-state index contributed by atoms with van der Waals surface area (Å²) < 4.78 is 25.7. The molecule has 0 spiro atoms. The minimum absolute atomic E-state index is 0.00428. The zero-order valence-corrected chi connectivity index (χ0v) is 16.2. The highest BCUT2D eigenvalue weighted by Crippen LogP contribution is 2.20. The quantitative estimate of drug-likeness (QED) is 0.678. The molecule has 142 valence electrons. The largest absolute Gasteiger partial charge is 0.310 e. The van der Waals surface area contributed by atoms with Crippen LogP contribution in [0.4, 0.5) is 5.82 Å². The lowest BCUT2D eigenvalue weighted by molar-refractivity contribution is -0.113. The Labute approximate surface area is 159 Å². The highest BCUT2D eigenvalue weighted by Gasteiger charge is 2.19. The van der Waals surface area contributed by atoms with Gasteiger partial charge in [-0.2, -0.15) is 5.10 Å². The molecule has 27 heavy (non-hydrogen) atoms. The molecule has 1 amide bonds. The van der Waals surface area contributed by atoms with Gasteiger partial charge in [0, 0.05) is 6.07 Å². The third-order valence-corrected chi connectivity index (χ3v) is 6.00. The Balaban J connectivity index is 1.75. The fourth-order valence-electron chi connectivity index (χ4n) is 3.10. The second-order valence-electron chi connectivity index (χ2n) is 7.01. The van der Waals surface area contributed by atoms with E-state index in [2.05, 4.69) is 10.4 Å². The van der Waals surface area contributed by atoms with Gasteiger partial charge in [-0.15, -0.1) is 0 Å². The Morgan fingerprint density at radius 2 is 1.85 bits per heavy atom. The van der Waals surface area contributed by atoms with E-state index >= 15 is 0 Å². The zero-order chi connectivity index (χ0) is 19.4. The van der Waals surface area contributed by atoms with Crippen molar-refractivity contribution < 1.29 is 13.2 Å².